The van der Waals surface area contributed by atoms with Crippen LogP contribution in [-0.4, -0.2) is 19.5 Å². The molecule has 0 fully saturated rings. The van der Waals surface area contributed by atoms with Gasteiger partial charge in [-0.3, -0.25) is 4.57 Å². The Balaban J connectivity index is 1.16. The second-order valence-electron chi connectivity index (χ2n) is 14.7. The highest BCUT2D eigenvalue weighted by molar-refractivity contribution is 7.25. The number of benzene rings is 6. The smallest absolute Gasteiger partial charge is 0.238 e. The number of allylic oxidation sites excluding steroid dienone is 4. The molecule has 0 radical (unpaired) electrons. The molecule has 3 aromatic heterocycles. The van der Waals surface area contributed by atoms with Gasteiger partial charge < -0.3 is 0 Å². The molecule has 0 aliphatic heterocycles. The van der Waals surface area contributed by atoms with Crippen LogP contribution in [0.2, 0.25) is 0 Å². The molecule has 3 heterocycles. The van der Waals surface area contributed by atoms with Crippen LogP contribution in [0.15, 0.2) is 151 Å². The quantitative estimate of drug-likeness (QED) is 0.184. The zero-order chi connectivity index (χ0) is 35.3. The van der Waals surface area contributed by atoms with E-state index >= 15 is 0 Å². The molecule has 2 aliphatic carbocycles. The molecule has 11 rings (SSSR count). The van der Waals surface area contributed by atoms with Crippen LogP contribution in [0.4, 0.5) is 0 Å². The van der Waals surface area contributed by atoms with Gasteiger partial charge in [0.15, 0.2) is 11.6 Å². The number of thiophene rings is 1. The van der Waals surface area contributed by atoms with Crippen LogP contribution in [0.1, 0.15) is 37.8 Å². The van der Waals surface area contributed by atoms with Crippen molar-refractivity contribution in [2.45, 2.75) is 32.1 Å². The minimum absolute atomic E-state index is 0.0548. The zero-order valence-corrected chi connectivity index (χ0v) is 30.3. The van der Waals surface area contributed by atoms with Crippen molar-refractivity contribution in [2.75, 3.05) is 0 Å². The SMILES string of the molecule is CC1(C)C2=C(C=CCC2)c2ccc(-c3nc(-c4ccccc4)nc(-n4c5ccccc5c5cccc(-c6ccc7c(c6)sc6ccccc67)c54)n3)cc21. The topological polar surface area (TPSA) is 43.6 Å². The molecule has 0 amide bonds. The first kappa shape index (κ1) is 30.5. The number of aromatic nitrogens is 4. The number of hydrogen-bond acceptors (Lipinski definition) is 4. The summed E-state index contributed by atoms with van der Waals surface area (Å²) >= 11 is 1.85. The van der Waals surface area contributed by atoms with E-state index < -0.39 is 0 Å². The highest BCUT2D eigenvalue weighted by Crippen LogP contribution is 2.51. The maximum absolute atomic E-state index is 5.36. The monoisotopic (exact) mass is 698 g/mol. The number of fused-ring (bicyclic) bond motifs is 8. The Bertz CT molecular complexity index is 3030. The largest absolute Gasteiger partial charge is 0.277 e. The molecule has 6 aromatic carbocycles. The highest BCUT2D eigenvalue weighted by atomic mass is 32.1. The van der Waals surface area contributed by atoms with Crippen molar-refractivity contribution >= 4 is 58.9 Å². The Labute approximate surface area is 311 Å². The fraction of sp³-hybridized carbons (Fsp3) is 0.104. The Morgan fingerprint density at radius 3 is 2.21 bits per heavy atom. The van der Waals surface area contributed by atoms with E-state index in [1.165, 1.54) is 58.8 Å². The fourth-order valence-electron chi connectivity index (χ4n) is 8.83. The van der Waals surface area contributed by atoms with Crippen molar-refractivity contribution in [3.63, 3.8) is 0 Å². The lowest BCUT2D eigenvalue weighted by molar-refractivity contribution is 0.607. The van der Waals surface area contributed by atoms with Crippen LogP contribution in [0.3, 0.4) is 0 Å². The van der Waals surface area contributed by atoms with Crippen molar-refractivity contribution in [1.29, 1.82) is 0 Å². The summed E-state index contributed by atoms with van der Waals surface area (Å²) < 4.78 is 4.85. The molecule has 0 spiro atoms. The number of rotatable bonds is 4. The van der Waals surface area contributed by atoms with E-state index in [4.69, 9.17) is 15.0 Å². The van der Waals surface area contributed by atoms with Gasteiger partial charge in [0.05, 0.1) is 11.0 Å². The molecule has 2 aliphatic rings. The van der Waals surface area contributed by atoms with Crippen molar-refractivity contribution in [3.8, 4) is 39.9 Å². The summed E-state index contributed by atoms with van der Waals surface area (Å²) in [5.74, 6) is 1.93. The van der Waals surface area contributed by atoms with Crippen LogP contribution in [0.5, 0.6) is 0 Å². The summed E-state index contributed by atoms with van der Waals surface area (Å²) in [6, 6.07) is 47.9. The second kappa shape index (κ2) is 11.4. The highest BCUT2D eigenvalue weighted by Gasteiger charge is 2.37. The van der Waals surface area contributed by atoms with Gasteiger partial charge in [-0.05, 0) is 59.4 Å². The minimum Gasteiger partial charge on any atom is -0.277 e. The summed E-state index contributed by atoms with van der Waals surface area (Å²) in [5.41, 5.74) is 11.9. The molecule has 53 heavy (non-hydrogen) atoms. The van der Waals surface area contributed by atoms with Crippen LogP contribution < -0.4 is 0 Å². The third kappa shape index (κ3) is 4.57. The van der Waals surface area contributed by atoms with E-state index in [9.17, 15) is 0 Å². The van der Waals surface area contributed by atoms with Crippen LogP contribution in [0, 0.1) is 0 Å². The van der Waals surface area contributed by atoms with Gasteiger partial charge in [0, 0.05) is 53.1 Å². The van der Waals surface area contributed by atoms with Gasteiger partial charge >= 0.3 is 0 Å². The van der Waals surface area contributed by atoms with Gasteiger partial charge in [-0.25, -0.2) is 4.98 Å². The average molecular weight is 699 g/mol. The van der Waals surface area contributed by atoms with Gasteiger partial charge in [-0.1, -0.05) is 141 Å². The van der Waals surface area contributed by atoms with E-state index in [1.54, 1.807) is 0 Å². The van der Waals surface area contributed by atoms with Gasteiger partial charge in [0.2, 0.25) is 5.95 Å². The summed E-state index contributed by atoms with van der Waals surface area (Å²) in [5, 5.41) is 4.93. The first-order valence-electron chi connectivity index (χ1n) is 18.3. The molecular weight excluding hydrogens is 665 g/mol. The van der Waals surface area contributed by atoms with E-state index in [0.29, 0.717) is 17.6 Å². The summed E-state index contributed by atoms with van der Waals surface area (Å²) in [7, 11) is 0. The Morgan fingerprint density at radius 1 is 0.585 bits per heavy atom. The van der Waals surface area contributed by atoms with Crippen LogP contribution >= 0.6 is 11.3 Å². The van der Waals surface area contributed by atoms with Crippen LogP contribution in [-0.2, 0) is 5.41 Å². The second-order valence-corrected chi connectivity index (χ2v) is 15.8. The van der Waals surface area contributed by atoms with E-state index in [-0.39, 0.29) is 5.41 Å². The Hall–Kier alpha value is -6.17. The summed E-state index contributed by atoms with van der Waals surface area (Å²) in [6.45, 7) is 4.72. The average Bonchev–Trinajstić information content (AvgIpc) is 3.83. The molecule has 5 heteroatoms. The first-order valence-corrected chi connectivity index (χ1v) is 19.2. The van der Waals surface area contributed by atoms with E-state index in [0.717, 1.165) is 40.6 Å². The van der Waals surface area contributed by atoms with Gasteiger partial charge in [0.25, 0.3) is 0 Å². The number of nitrogens with zero attached hydrogens (tertiary/aromatic N) is 4. The lowest BCUT2D eigenvalue weighted by atomic mass is 9.78. The standard InChI is InChI=1S/C48H34N4S/c1-48(2)39-20-9-6-15-33(39)34-25-24-31(27-40(34)48)46-49-45(29-13-4-3-5-14-29)50-47(51-46)52-41-21-10-7-16-35(41)38-19-12-18-32(44(38)52)30-23-26-37-36-17-8-11-22-42(36)53-43(37)28-30/h3-8,10-19,21-28H,9,20H2,1-2H3. The molecule has 0 saturated carbocycles. The Morgan fingerprint density at radius 2 is 1.32 bits per heavy atom. The lowest BCUT2D eigenvalue weighted by Gasteiger charge is -2.26. The molecule has 0 unspecified atom stereocenters. The molecule has 0 bridgehead atoms. The van der Waals surface area contributed by atoms with Crippen molar-refractivity contribution < 1.29 is 0 Å². The van der Waals surface area contributed by atoms with E-state index in [1.807, 2.05) is 29.5 Å². The molecule has 0 atom stereocenters. The summed E-state index contributed by atoms with van der Waals surface area (Å²) in [4.78, 5) is 15.8. The number of para-hydroxylation sites is 2. The molecular formula is C48H34N4S. The molecule has 0 N–H and O–H groups in total. The van der Waals surface area contributed by atoms with Gasteiger partial charge in [-0.2, -0.15) is 9.97 Å². The van der Waals surface area contributed by atoms with Crippen LogP contribution in [0.25, 0.3) is 87.4 Å². The number of hydrogen-bond donors (Lipinski definition) is 0. The van der Waals surface area contributed by atoms with Gasteiger partial charge in [-0.15, -0.1) is 11.3 Å². The van der Waals surface area contributed by atoms with E-state index in [2.05, 4.69) is 146 Å². The van der Waals surface area contributed by atoms with Crippen molar-refractivity contribution in [3.05, 3.63) is 162 Å². The van der Waals surface area contributed by atoms with Gasteiger partial charge in [0.1, 0.15) is 0 Å². The third-order valence-corrected chi connectivity index (χ3v) is 12.5. The Kier molecular flexibility index (Phi) is 6.56. The normalized spacial score (nSPS) is 14.8. The summed E-state index contributed by atoms with van der Waals surface area (Å²) in [6.07, 6.45) is 6.82. The fourth-order valence-corrected chi connectivity index (χ4v) is 9.97. The van der Waals surface area contributed by atoms with Crippen molar-refractivity contribution in [1.82, 2.24) is 19.5 Å². The molecule has 9 aromatic rings. The predicted octanol–water partition coefficient (Wildman–Crippen LogP) is 12.7. The first-order chi connectivity index (χ1) is 26.0. The molecule has 4 nitrogen and oxygen atoms in total. The zero-order valence-electron chi connectivity index (χ0n) is 29.5. The maximum Gasteiger partial charge on any atom is 0.238 e. The molecule has 0 saturated heterocycles. The lowest BCUT2D eigenvalue weighted by Crippen LogP contribution is -2.18. The van der Waals surface area contributed by atoms with Crippen molar-refractivity contribution in [2.24, 2.45) is 0 Å². The third-order valence-electron chi connectivity index (χ3n) is 11.4. The maximum atomic E-state index is 5.36. The predicted molar refractivity (Wildman–Crippen MR) is 222 cm³/mol. The molecule has 252 valence electrons. The minimum atomic E-state index is -0.0548.